The molecule has 0 saturated heterocycles. The highest BCUT2D eigenvalue weighted by Gasteiger charge is 2.18. The molecule has 4 heteroatoms. The summed E-state index contributed by atoms with van der Waals surface area (Å²) in [5.74, 6) is -0.346. The number of rotatable bonds is 2. The van der Waals surface area contributed by atoms with E-state index in [9.17, 15) is 8.78 Å². The lowest BCUT2D eigenvalue weighted by molar-refractivity contribution is 0.500. The third-order valence-electron chi connectivity index (χ3n) is 2.59. The summed E-state index contributed by atoms with van der Waals surface area (Å²) < 4.78 is 31.3. The standard InChI is InChI=1S/C13H11ClF2O/c1-7-5-10(8(2)17-7)13(14)9-3-4-11(15)12(16)6-9/h3-6,13H,1-2H3. The van der Waals surface area contributed by atoms with Crippen molar-refractivity contribution in [2.45, 2.75) is 19.2 Å². The SMILES string of the molecule is Cc1cc(C(Cl)c2ccc(F)c(F)c2)c(C)o1. The third-order valence-corrected chi connectivity index (χ3v) is 3.08. The molecule has 1 heterocycles. The predicted molar refractivity (Wildman–Crippen MR) is 62.2 cm³/mol. The van der Waals surface area contributed by atoms with E-state index in [2.05, 4.69) is 0 Å². The molecule has 90 valence electrons. The molecule has 2 rings (SSSR count). The first-order chi connectivity index (χ1) is 7.99. The summed E-state index contributed by atoms with van der Waals surface area (Å²) in [6.07, 6.45) is 0. The summed E-state index contributed by atoms with van der Waals surface area (Å²) >= 11 is 6.23. The van der Waals surface area contributed by atoms with Gasteiger partial charge in [0.1, 0.15) is 11.5 Å². The normalized spacial score (nSPS) is 12.8. The maximum Gasteiger partial charge on any atom is 0.159 e. The van der Waals surface area contributed by atoms with Crippen molar-refractivity contribution in [1.82, 2.24) is 0 Å². The van der Waals surface area contributed by atoms with Crippen molar-refractivity contribution in [1.29, 1.82) is 0 Å². The van der Waals surface area contributed by atoms with Crippen LogP contribution in [-0.2, 0) is 0 Å². The van der Waals surface area contributed by atoms with Crippen LogP contribution in [0.15, 0.2) is 28.7 Å². The van der Waals surface area contributed by atoms with Gasteiger partial charge in [-0.25, -0.2) is 8.78 Å². The van der Waals surface area contributed by atoms with Crippen LogP contribution in [0, 0.1) is 25.5 Å². The first kappa shape index (κ1) is 12.1. The summed E-state index contributed by atoms with van der Waals surface area (Å²) in [6, 6.07) is 5.45. The van der Waals surface area contributed by atoms with Gasteiger partial charge in [0.05, 0.1) is 5.38 Å². The smallest absolute Gasteiger partial charge is 0.159 e. The molecule has 1 aromatic carbocycles. The minimum absolute atomic E-state index is 0.509. The van der Waals surface area contributed by atoms with Crippen LogP contribution in [0.2, 0.25) is 0 Å². The average molecular weight is 257 g/mol. The van der Waals surface area contributed by atoms with Gasteiger partial charge < -0.3 is 4.42 Å². The van der Waals surface area contributed by atoms with Gasteiger partial charge in [0.25, 0.3) is 0 Å². The zero-order valence-electron chi connectivity index (χ0n) is 9.43. The van der Waals surface area contributed by atoms with Gasteiger partial charge in [-0.15, -0.1) is 11.6 Å². The summed E-state index contributed by atoms with van der Waals surface area (Å²) in [7, 11) is 0. The lowest BCUT2D eigenvalue weighted by Gasteiger charge is -2.09. The van der Waals surface area contributed by atoms with E-state index >= 15 is 0 Å². The zero-order chi connectivity index (χ0) is 12.6. The van der Waals surface area contributed by atoms with Gasteiger partial charge in [-0.2, -0.15) is 0 Å². The minimum atomic E-state index is -0.897. The molecule has 0 aliphatic heterocycles. The van der Waals surface area contributed by atoms with Gasteiger partial charge in [-0.05, 0) is 37.6 Å². The first-order valence-corrected chi connectivity index (χ1v) is 5.58. The maximum absolute atomic E-state index is 13.1. The molecule has 0 aliphatic carbocycles. The molecule has 0 bridgehead atoms. The molecule has 1 aromatic heterocycles. The number of benzene rings is 1. The van der Waals surface area contributed by atoms with Crippen LogP contribution in [0.5, 0.6) is 0 Å². The average Bonchev–Trinajstić information content (AvgIpc) is 2.61. The van der Waals surface area contributed by atoms with Crippen molar-refractivity contribution in [2.24, 2.45) is 0 Å². The van der Waals surface area contributed by atoms with Crippen molar-refractivity contribution >= 4 is 11.6 Å². The molecule has 0 aliphatic rings. The maximum atomic E-state index is 13.1. The summed E-state index contributed by atoms with van der Waals surface area (Å²) in [4.78, 5) is 0. The molecule has 17 heavy (non-hydrogen) atoms. The summed E-state index contributed by atoms with van der Waals surface area (Å²) in [5, 5.41) is -0.539. The van der Waals surface area contributed by atoms with Gasteiger partial charge >= 0.3 is 0 Å². The lowest BCUT2D eigenvalue weighted by atomic mass is 10.0. The molecule has 0 N–H and O–H groups in total. The number of hydrogen-bond acceptors (Lipinski definition) is 1. The van der Waals surface area contributed by atoms with E-state index in [1.165, 1.54) is 6.07 Å². The van der Waals surface area contributed by atoms with Crippen molar-refractivity contribution in [3.63, 3.8) is 0 Å². The molecule has 0 radical (unpaired) electrons. The number of furan rings is 1. The summed E-state index contributed by atoms with van der Waals surface area (Å²) in [6.45, 7) is 3.60. The molecule has 1 atom stereocenters. The number of hydrogen-bond donors (Lipinski definition) is 0. The van der Waals surface area contributed by atoms with E-state index in [1.807, 2.05) is 6.92 Å². The van der Waals surface area contributed by atoms with Crippen LogP contribution < -0.4 is 0 Å². The van der Waals surface area contributed by atoms with Crippen molar-refractivity contribution in [3.8, 4) is 0 Å². The molecule has 0 fully saturated rings. The highest BCUT2D eigenvalue weighted by atomic mass is 35.5. The Labute approximate surface area is 103 Å². The van der Waals surface area contributed by atoms with Crippen molar-refractivity contribution in [2.75, 3.05) is 0 Å². The van der Waals surface area contributed by atoms with Gasteiger partial charge in [0.2, 0.25) is 0 Å². The second-order valence-corrected chi connectivity index (χ2v) is 4.34. The lowest BCUT2D eigenvalue weighted by Crippen LogP contribution is -1.95. The van der Waals surface area contributed by atoms with E-state index in [1.54, 1.807) is 13.0 Å². The fraction of sp³-hybridized carbons (Fsp3) is 0.231. The third kappa shape index (κ3) is 2.34. The molecule has 0 spiro atoms. The second-order valence-electron chi connectivity index (χ2n) is 3.90. The topological polar surface area (TPSA) is 13.1 Å². The Balaban J connectivity index is 2.40. The molecule has 0 saturated carbocycles. The Morgan fingerprint density at radius 2 is 1.82 bits per heavy atom. The van der Waals surface area contributed by atoms with Crippen molar-refractivity contribution in [3.05, 3.63) is 58.5 Å². The van der Waals surface area contributed by atoms with Crippen LogP contribution in [0.3, 0.4) is 0 Å². The van der Waals surface area contributed by atoms with E-state index < -0.39 is 17.0 Å². The Morgan fingerprint density at radius 1 is 1.12 bits per heavy atom. The number of alkyl halides is 1. The Hall–Kier alpha value is -1.35. The van der Waals surface area contributed by atoms with E-state index in [0.717, 1.165) is 23.5 Å². The minimum Gasteiger partial charge on any atom is -0.466 e. The largest absolute Gasteiger partial charge is 0.466 e. The van der Waals surface area contributed by atoms with Crippen molar-refractivity contribution < 1.29 is 13.2 Å². The monoisotopic (exact) mass is 256 g/mol. The molecule has 1 nitrogen and oxygen atoms in total. The van der Waals surface area contributed by atoms with Gasteiger partial charge in [-0.1, -0.05) is 6.07 Å². The fourth-order valence-electron chi connectivity index (χ4n) is 1.75. The van der Waals surface area contributed by atoms with E-state index in [-0.39, 0.29) is 0 Å². The Bertz CT molecular complexity index is 548. The van der Waals surface area contributed by atoms with Gasteiger partial charge in [0, 0.05) is 5.56 Å². The van der Waals surface area contributed by atoms with Crippen LogP contribution in [0.1, 0.15) is 28.0 Å². The zero-order valence-corrected chi connectivity index (χ0v) is 10.2. The second kappa shape index (κ2) is 4.49. The Morgan fingerprint density at radius 3 is 2.35 bits per heavy atom. The molecular formula is C13H11ClF2O. The highest BCUT2D eigenvalue weighted by Crippen LogP contribution is 2.33. The molecular weight excluding hydrogens is 246 g/mol. The molecule has 1 unspecified atom stereocenters. The number of halogens is 3. The Kier molecular flexibility index (Phi) is 3.20. The first-order valence-electron chi connectivity index (χ1n) is 5.15. The molecule has 0 amide bonds. The van der Waals surface area contributed by atoms with Crippen LogP contribution in [0.25, 0.3) is 0 Å². The quantitative estimate of drug-likeness (QED) is 0.721. The van der Waals surface area contributed by atoms with Crippen LogP contribution in [0.4, 0.5) is 8.78 Å². The highest BCUT2D eigenvalue weighted by molar-refractivity contribution is 6.22. The molecule has 2 aromatic rings. The van der Waals surface area contributed by atoms with Gasteiger partial charge in [-0.3, -0.25) is 0 Å². The van der Waals surface area contributed by atoms with Crippen LogP contribution in [-0.4, -0.2) is 0 Å². The number of aryl methyl sites for hydroxylation is 2. The fourth-order valence-corrected chi connectivity index (χ4v) is 2.10. The van der Waals surface area contributed by atoms with Crippen LogP contribution >= 0.6 is 11.6 Å². The predicted octanol–water partition coefficient (Wildman–Crippen LogP) is 4.50. The summed E-state index contributed by atoms with van der Waals surface area (Å²) in [5.41, 5.74) is 1.28. The van der Waals surface area contributed by atoms with E-state index in [0.29, 0.717) is 11.3 Å². The van der Waals surface area contributed by atoms with E-state index in [4.69, 9.17) is 16.0 Å². The van der Waals surface area contributed by atoms with Gasteiger partial charge in [0.15, 0.2) is 11.6 Å².